The van der Waals surface area contributed by atoms with E-state index >= 15 is 0 Å². The van der Waals surface area contributed by atoms with Crippen molar-refractivity contribution in [3.63, 3.8) is 0 Å². The smallest absolute Gasteiger partial charge is 0.243 e. The molecule has 1 aliphatic heterocycles. The molecule has 1 unspecified atom stereocenters. The maximum atomic E-state index is 12.9. The molecule has 2 aromatic carbocycles. The highest BCUT2D eigenvalue weighted by Gasteiger charge is 2.34. The quantitative estimate of drug-likeness (QED) is 0.630. The molecule has 0 aromatic heterocycles. The number of nitrogens with one attached hydrogen (secondary N) is 2. The highest BCUT2D eigenvalue weighted by Crippen LogP contribution is 2.24. The van der Waals surface area contributed by atoms with Crippen molar-refractivity contribution >= 4 is 15.9 Å². The van der Waals surface area contributed by atoms with Gasteiger partial charge in [0.25, 0.3) is 0 Å². The number of benzene rings is 2. The van der Waals surface area contributed by atoms with Gasteiger partial charge in [0, 0.05) is 13.1 Å². The van der Waals surface area contributed by atoms with E-state index in [1.807, 2.05) is 0 Å². The topological polar surface area (TPSA) is 108 Å². The van der Waals surface area contributed by atoms with Gasteiger partial charge in [0.1, 0.15) is 23.4 Å². The fraction of sp³-hybridized carbons (Fsp3) is 0.278. The third-order valence-electron chi connectivity index (χ3n) is 4.20. The molecule has 0 bridgehead atoms. The Balaban J connectivity index is 1.73. The van der Waals surface area contributed by atoms with Crippen LogP contribution in [-0.4, -0.2) is 49.2 Å². The Hall–Kier alpha value is -2.53. The summed E-state index contributed by atoms with van der Waals surface area (Å²) < 4.78 is 45.4. The van der Waals surface area contributed by atoms with Gasteiger partial charge >= 0.3 is 0 Å². The maximum Gasteiger partial charge on any atom is 0.243 e. The number of sulfonamides is 1. The van der Waals surface area contributed by atoms with Crippen molar-refractivity contribution in [2.45, 2.75) is 24.2 Å². The molecular formula is C18H20FN3O5S. The summed E-state index contributed by atoms with van der Waals surface area (Å²) in [6, 6.07) is 10.4. The van der Waals surface area contributed by atoms with Crippen LogP contribution in [-0.2, 0) is 14.8 Å². The van der Waals surface area contributed by atoms with Crippen LogP contribution in [0.3, 0.4) is 0 Å². The Labute approximate surface area is 162 Å². The first kappa shape index (κ1) is 20.2. The van der Waals surface area contributed by atoms with Gasteiger partial charge in [-0.05, 0) is 48.5 Å². The average molecular weight is 409 g/mol. The Bertz CT molecular complexity index is 935. The number of rotatable bonds is 7. The SMILES string of the molecule is CCN(C[C@@H]1NC(O)NC1=O)S(=O)(=O)c1ccc(Oc2ccc(F)cc2)cc1. The van der Waals surface area contributed by atoms with Gasteiger partial charge in [-0.3, -0.25) is 10.1 Å². The van der Waals surface area contributed by atoms with Crippen LogP contribution >= 0.6 is 0 Å². The second-order valence-corrected chi connectivity index (χ2v) is 8.05. The van der Waals surface area contributed by atoms with Crippen LogP contribution in [0.5, 0.6) is 11.5 Å². The van der Waals surface area contributed by atoms with Crippen LogP contribution in [0.15, 0.2) is 53.4 Å². The molecule has 3 N–H and O–H groups in total. The van der Waals surface area contributed by atoms with Crippen molar-refractivity contribution in [1.82, 2.24) is 14.9 Å². The maximum absolute atomic E-state index is 12.9. The lowest BCUT2D eigenvalue weighted by molar-refractivity contribution is -0.121. The number of aliphatic hydroxyl groups excluding tert-OH is 1. The minimum atomic E-state index is -3.85. The number of amides is 1. The van der Waals surface area contributed by atoms with Gasteiger partial charge < -0.3 is 15.2 Å². The monoisotopic (exact) mass is 409 g/mol. The number of hydrogen-bond donors (Lipinski definition) is 3. The van der Waals surface area contributed by atoms with Crippen LogP contribution in [0, 0.1) is 5.82 Å². The van der Waals surface area contributed by atoms with Crippen molar-refractivity contribution in [2.75, 3.05) is 13.1 Å². The molecule has 0 aliphatic carbocycles. The first-order valence-electron chi connectivity index (χ1n) is 8.57. The number of hydrogen-bond acceptors (Lipinski definition) is 6. The van der Waals surface area contributed by atoms with Gasteiger partial charge in [-0.25, -0.2) is 12.8 Å². The van der Waals surface area contributed by atoms with Gasteiger partial charge in [-0.1, -0.05) is 6.92 Å². The normalized spacial score (nSPS) is 19.6. The first-order valence-corrected chi connectivity index (χ1v) is 10.0. The summed E-state index contributed by atoms with van der Waals surface area (Å²) in [6.45, 7) is 1.69. The van der Waals surface area contributed by atoms with E-state index < -0.39 is 28.3 Å². The molecule has 1 saturated heterocycles. The first-order chi connectivity index (χ1) is 13.3. The highest BCUT2D eigenvalue weighted by atomic mass is 32.2. The van der Waals surface area contributed by atoms with Gasteiger partial charge in [-0.2, -0.15) is 4.31 Å². The molecule has 0 saturated carbocycles. The highest BCUT2D eigenvalue weighted by molar-refractivity contribution is 7.89. The molecule has 2 atom stereocenters. The Kier molecular flexibility index (Phi) is 5.94. The average Bonchev–Trinajstić information content (AvgIpc) is 2.99. The molecule has 0 radical (unpaired) electrons. The molecule has 2 aromatic rings. The van der Waals surface area contributed by atoms with E-state index in [2.05, 4.69) is 10.6 Å². The number of nitrogens with zero attached hydrogens (tertiary/aromatic N) is 1. The number of carbonyl (C=O) groups is 1. The number of aliphatic hydroxyl groups is 1. The second-order valence-electron chi connectivity index (χ2n) is 6.11. The van der Waals surface area contributed by atoms with E-state index in [4.69, 9.17) is 4.74 Å². The minimum Gasteiger partial charge on any atom is -0.457 e. The number of carbonyl (C=O) groups excluding carboxylic acids is 1. The van der Waals surface area contributed by atoms with Crippen LogP contribution in [0.1, 0.15) is 6.92 Å². The van der Waals surface area contributed by atoms with Crippen LogP contribution in [0.4, 0.5) is 4.39 Å². The number of likely N-dealkylation sites (N-methyl/N-ethyl adjacent to an activating group) is 1. The van der Waals surface area contributed by atoms with Gasteiger partial charge in [0.15, 0.2) is 6.35 Å². The Morgan fingerprint density at radius 3 is 2.18 bits per heavy atom. The van der Waals surface area contributed by atoms with Gasteiger partial charge in [0.2, 0.25) is 15.9 Å². The van der Waals surface area contributed by atoms with E-state index in [0.29, 0.717) is 11.5 Å². The summed E-state index contributed by atoms with van der Waals surface area (Å²) in [5.41, 5.74) is 0. The molecule has 8 nitrogen and oxygen atoms in total. The van der Waals surface area contributed by atoms with E-state index in [0.717, 1.165) is 4.31 Å². The van der Waals surface area contributed by atoms with Crippen molar-refractivity contribution in [3.05, 3.63) is 54.3 Å². The van der Waals surface area contributed by atoms with E-state index in [1.54, 1.807) is 6.92 Å². The van der Waals surface area contributed by atoms with Crippen molar-refractivity contribution in [1.29, 1.82) is 0 Å². The molecule has 0 spiro atoms. The molecular weight excluding hydrogens is 389 g/mol. The number of halogens is 1. The molecule has 3 rings (SSSR count). The molecule has 1 aliphatic rings. The molecule has 1 fully saturated rings. The Morgan fingerprint density at radius 2 is 1.68 bits per heavy atom. The zero-order chi connectivity index (χ0) is 20.3. The summed E-state index contributed by atoms with van der Waals surface area (Å²) in [5.74, 6) is -0.0340. The third kappa shape index (κ3) is 4.47. The van der Waals surface area contributed by atoms with E-state index in [1.165, 1.54) is 48.5 Å². The second kappa shape index (κ2) is 8.23. The summed E-state index contributed by atoms with van der Waals surface area (Å²) in [6.07, 6.45) is -1.19. The zero-order valence-electron chi connectivity index (χ0n) is 15.0. The lowest BCUT2D eigenvalue weighted by atomic mass is 10.3. The summed E-state index contributed by atoms with van der Waals surface area (Å²) >= 11 is 0. The molecule has 150 valence electrons. The summed E-state index contributed by atoms with van der Waals surface area (Å²) in [5, 5.41) is 14.2. The zero-order valence-corrected chi connectivity index (χ0v) is 15.8. The van der Waals surface area contributed by atoms with Crippen molar-refractivity contribution < 1.29 is 27.4 Å². The fourth-order valence-electron chi connectivity index (χ4n) is 2.75. The largest absolute Gasteiger partial charge is 0.457 e. The predicted octanol–water partition coefficient (Wildman–Crippen LogP) is 0.992. The number of ether oxygens (including phenoxy) is 1. The van der Waals surface area contributed by atoms with Crippen LogP contribution in [0.25, 0.3) is 0 Å². The Morgan fingerprint density at radius 1 is 1.11 bits per heavy atom. The molecule has 28 heavy (non-hydrogen) atoms. The standard InChI is InChI=1S/C18H20FN3O5S/c1-2-22(11-16-17(23)21-18(24)20-16)28(25,26)15-9-7-14(8-10-15)27-13-5-3-12(19)4-6-13/h3-10,16,18,20,24H,2,11H2,1H3,(H,21,23)/t16-,18?/m0/s1. The lowest BCUT2D eigenvalue weighted by Gasteiger charge is -2.23. The summed E-state index contributed by atoms with van der Waals surface area (Å²) in [7, 11) is -3.85. The van der Waals surface area contributed by atoms with Crippen LogP contribution < -0.4 is 15.4 Å². The van der Waals surface area contributed by atoms with Crippen molar-refractivity contribution in [3.8, 4) is 11.5 Å². The van der Waals surface area contributed by atoms with Gasteiger partial charge in [0.05, 0.1) is 4.90 Å². The predicted molar refractivity (Wildman–Crippen MR) is 98.4 cm³/mol. The van der Waals surface area contributed by atoms with Crippen molar-refractivity contribution in [2.24, 2.45) is 0 Å². The van der Waals surface area contributed by atoms with Gasteiger partial charge in [-0.15, -0.1) is 0 Å². The minimum absolute atomic E-state index is 0.0414. The third-order valence-corrected chi connectivity index (χ3v) is 6.16. The summed E-state index contributed by atoms with van der Waals surface area (Å²) in [4.78, 5) is 11.8. The fourth-order valence-corrected chi connectivity index (χ4v) is 4.21. The molecule has 1 heterocycles. The molecule has 1 amide bonds. The lowest BCUT2D eigenvalue weighted by Crippen LogP contribution is -2.44. The van der Waals surface area contributed by atoms with E-state index in [-0.39, 0.29) is 23.8 Å². The van der Waals surface area contributed by atoms with Crippen LogP contribution in [0.2, 0.25) is 0 Å². The van der Waals surface area contributed by atoms with E-state index in [9.17, 15) is 22.7 Å². The molecule has 10 heteroatoms.